The topological polar surface area (TPSA) is 88.2 Å². The van der Waals surface area contributed by atoms with Crippen LogP contribution in [0.3, 0.4) is 0 Å². The number of ether oxygens (including phenoxy) is 2. The van der Waals surface area contributed by atoms with Gasteiger partial charge in [0.1, 0.15) is 0 Å². The molecule has 6 nitrogen and oxygen atoms in total. The fourth-order valence-electron chi connectivity index (χ4n) is 4.50. The van der Waals surface area contributed by atoms with E-state index in [1.807, 2.05) is 92.8 Å². The van der Waals surface area contributed by atoms with Crippen LogP contribution >= 0.6 is 0 Å². The fourth-order valence-corrected chi connectivity index (χ4v) is 4.50. The predicted octanol–water partition coefficient (Wildman–Crippen LogP) is 4.24. The molecule has 0 bridgehead atoms. The molecule has 4 rings (SSSR count). The summed E-state index contributed by atoms with van der Waals surface area (Å²) in [6, 6.07) is 25.6. The average molecular weight is 477 g/mol. The lowest BCUT2D eigenvalue weighted by Gasteiger charge is -2.39. The summed E-state index contributed by atoms with van der Waals surface area (Å²) in [5.74, 6) is 0. The van der Waals surface area contributed by atoms with Crippen LogP contribution < -0.4 is 5.73 Å². The molecule has 1 aliphatic heterocycles. The Morgan fingerprint density at radius 1 is 0.914 bits per heavy atom. The molecule has 3 aromatic carbocycles. The van der Waals surface area contributed by atoms with Crippen LogP contribution in [0.5, 0.6) is 0 Å². The van der Waals surface area contributed by atoms with E-state index in [1.54, 1.807) is 0 Å². The molecule has 6 heteroatoms. The largest absolute Gasteiger partial charge is 0.392 e. The third kappa shape index (κ3) is 6.35. The normalized spacial score (nSPS) is 22.2. The van der Waals surface area contributed by atoms with Gasteiger partial charge in [-0.1, -0.05) is 78.9 Å². The first-order valence-corrected chi connectivity index (χ1v) is 12.2. The fraction of sp³-hybridized carbons (Fsp3) is 0.379. The van der Waals surface area contributed by atoms with E-state index in [2.05, 4.69) is 4.90 Å². The number of hydrogen-bond acceptors (Lipinski definition) is 6. The van der Waals surface area contributed by atoms with Gasteiger partial charge in [-0.25, -0.2) is 0 Å². The molecule has 0 amide bonds. The summed E-state index contributed by atoms with van der Waals surface area (Å²) in [5, 5.41) is 20.3. The number of benzene rings is 3. The van der Waals surface area contributed by atoms with E-state index in [4.69, 9.17) is 15.2 Å². The molecule has 0 spiro atoms. The molecule has 0 aromatic heterocycles. The van der Waals surface area contributed by atoms with Crippen LogP contribution in [0.2, 0.25) is 0 Å². The standard InChI is InChI=1S/C29H36N2O4/c1-20(28(33)24-6-4-3-5-7-24)31(2)18-26-16-27(23-12-10-22(19-32)11-13-23)35-29(34-26)25-14-8-21(17-30)9-15-25/h3-15,20,26-29,32-33H,16-19,30H2,1-2H3/t20-,26-,27+,28-,29+/m0/s1. The average Bonchev–Trinajstić information content (AvgIpc) is 2.92. The van der Waals surface area contributed by atoms with Gasteiger partial charge in [-0.05, 0) is 36.2 Å². The highest BCUT2D eigenvalue weighted by molar-refractivity contribution is 5.26. The van der Waals surface area contributed by atoms with Crippen molar-refractivity contribution in [3.05, 3.63) is 107 Å². The summed E-state index contributed by atoms with van der Waals surface area (Å²) >= 11 is 0. The molecule has 0 radical (unpaired) electrons. The van der Waals surface area contributed by atoms with Gasteiger partial charge in [-0.3, -0.25) is 4.90 Å². The van der Waals surface area contributed by atoms with Gasteiger partial charge in [0, 0.05) is 31.1 Å². The number of nitrogens with two attached hydrogens (primary N) is 1. The number of hydrogen-bond donors (Lipinski definition) is 3. The summed E-state index contributed by atoms with van der Waals surface area (Å²) in [7, 11) is 2.02. The maximum atomic E-state index is 10.9. The number of nitrogens with zero attached hydrogens (tertiary/aromatic N) is 1. The van der Waals surface area contributed by atoms with Gasteiger partial charge in [0.25, 0.3) is 0 Å². The highest BCUT2D eigenvalue weighted by Crippen LogP contribution is 2.38. The number of aliphatic hydroxyl groups is 2. The van der Waals surface area contributed by atoms with E-state index in [1.165, 1.54) is 0 Å². The summed E-state index contributed by atoms with van der Waals surface area (Å²) in [6.07, 6.45) is -0.661. The van der Waals surface area contributed by atoms with Gasteiger partial charge in [0.2, 0.25) is 0 Å². The van der Waals surface area contributed by atoms with Crippen molar-refractivity contribution >= 4 is 0 Å². The maximum absolute atomic E-state index is 10.9. The molecule has 1 fully saturated rings. The van der Waals surface area contributed by atoms with Gasteiger partial charge in [0.15, 0.2) is 6.29 Å². The minimum atomic E-state index is -0.595. The Kier molecular flexibility index (Phi) is 8.68. The molecule has 1 aliphatic rings. The Balaban J connectivity index is 1.51. The third-order valence-electron chi connectivity index (χ3n) is 6.89. The molecule has 1 heterocycles. The third-order valence-corrected chi connectivity index (χ3v) is 6.89. The second kappa shape index (κ2) is 11.9. The molecule has 4 N–H and O–H groups in total. The van der Waals surface area contributed by atoms with Crippen LogP contribution in [-0.4, -0.2) is 40.9 Å². The molecule has 35 heavy (non-hydrogen) atoms. The lowest BCUT2D eigenvalue weighted by atomic mass is 9.98. The quantitative estimate of drug-likeness (QED) is 0.428. The highest BCUT2D eigenvalue weighted by atomic mass is 16.7. The zero-order valence-corrected chi connectivity index (χ0v) is 20.5. The van der Waals surface area contributed by atoms with Crippen LogP contribution in [0.1, 0.15) is 59.7 Å². The maximum Gasteiger partial charge on any atom is 0.184 e. The first-order valence-electron chi connectivity index (χ1n) is 12.2. The molecule has 0 aliphatic carbocycles. The van der Waals surface area contributed by atoms with E-state index in [-0.39, 0.29) is 24.9 Å². The SMILES string of the molecule is C[C@@H]([C@H](O)c1ccccc1)N(C)C[C@@H]1C[C@H](c2ccc(CO)cc2)O[C@H](c2ccc(CN)cc2)O1. The second-order valence-corrected chi connectivity index (χ2v) is 9.33. The number of aliphatic hydroxyl groups excluding tert-OH is 2. The van der Waals surface area contributed by atoms with Gasteiger partial charge >= 0.3 is 0 Å². The van der Waals surface area contributed by atoms with Crippen molar-refractivity contribution < 1.29 is 19.7 Å². The van der Waals surface area contributed by atoms with Crippen LogP contribution in [0.25, 0.3) is 0 Å². The molecular formula is C29H36N2O4. The monoisotopic (exact) mass is 476 g/mol. The summed E-state index contributed by atoms with van der Waals surface area (Å²) < 4.78 is 12.8. The molecule has 0 unspecified atom stereocenters. The number of likely N-dealkylation sites (N-methyl/N-ethyl adjacent to an activating group) is 1. The lowest BCUT2D eigenvalue weighted by molar-refractivity contribution is -0.253. The first kappa shape index (κ1) is 25.5. The molecule has 5 atom stereocenters. The van der Waals surface area contributed by atoms with Crippen LogP contribution in [-0.2, 0) is 22.6 Å². The summed E-state index contributed by atoms with van der Waals surface area (Å²) in [5.41, 5.74) is 10.6. The Morgan fingerprint density at radius 3 is 2.17 bits per heavy atom. The van der Waals surface area contributed by atoms with Crippen LogP contribution in [0.15, 0.2) is 78.9 Å². The van der Waals surface area contributed by atoms with E-state index < -0.39 is 12.4 Å². The number of rotatable bonds is 9. The van der Waals surface area contributed by atoms with Crippen molar-refractivity contribution in [3.8, 4) is 0 Å². The Morgan fingerprint density at radius 2 is 1.54 bits per heavy atom. The Bertz CT molecular complexity index is 987. The minimum absolute atomic E-state index is 0.0140. The molecule has 0 saturated carbocycles. The lowest BCUT2D eigenvalue weighted by Crippen LogP contribution is -2.43. The minimum Gasteiger partial charge on any atom is -0.392 e. The molecule has 186 valence electrons. The van der Waals surface area contributed by atoms with E-state index in [9.17, 15) is 10.2 Å². The van der Waals surface area contributed by atoms with Crippen molar-refractivity contribution in [2.45, 2.75) is 57.1 Å². The van der Waals surface area contributed by atoms with Crippen LogP contribution in [0, 0.1) is 0 Å². The Labute approximate surface area is 207 Å². The van der Waals surface area contributed by atoms with E-state index in [0.717, 1.165) is 27.8 Å². The highest BCUT2D eigenvalue weighted by Gasteiger charge is 2.34. The van der Waals surface area contributed by atoms with Crippen molar-refractivity contribution in [2.75, 3.05) is 13.6 Å². The van der Waals surface area contributed by atoms with Gasteiger partial charge in [-0.2, -0.15) is 0 Å². The van der Waals surface area contributed by atoms with Gasteiger partial charge in [-0.15, -0.1) is 0 Å². The van der Waals surface area contributed by atoms with Gasteiger partial charge in [0.05, 0.1) is 24.9 Å². The van der Waals surface area contributed by atoms with Crippen molar-refractivity contribution in [2.24, 2.45) is 5.73 Å². The second-order valence-electron chi connectivity index (χ2n) is 9.33. The molecule has 3 aromatic rings. The zero-order valence-electron chi connectivity index (χ0n) is 20.5. The summed E-state index contributed by atoms with van der Waals surface area (Å²) in [6.45, 7) is 3.18. The first-order chi connectivity index (χ1) is 17.0. The van der Waals surface area contributed by atoms with Gasteiger partial charge < -0.3 is 25.4 Å². The summed E-state index contributed by atoms with van der Waals surface area (Å²) in [4.78, 5) is 2.15. The molecule has 1 saturated heterocycles. The van der Waals surface area contributed by atoms with E-state index >= 15 is 0 Å². The van der Waals surface area contributed by atoms with Crippen molar-refractivity contribution in [1.29, 1.82) is 0 Å². The van der Waals surface area contributed by atoms with Crippen LogP contribution in [0.4, 0.5) is 0 Å². The molecular weight excluding hydrogens is 440 g/mol. The van der Waals surface area contributed by atoms with Crippen molar-refractivity contribution in [3.63, 3.8) is 0 Å². The van der Waals surface area contributed by atoms with E-state index in [0.29, 0.717) is 19.5 Å². The smallest absolute Gasteiger partial charge is 0.184 e. The predicted molar refractivity (Wildman–Crippen MR) is 136 cm³/mol. The Hall–Kier alpha value is -2.58. The zero-order chi connectivity index (χ0) is 24.8. The van der Waals surface area contributed by atoms with Crippen molar-refractivity contribution in [1.82, 2.24) is 4.90 Å².